The van der Waals surface area contributed by atoms with Gasteiger partial charge in [0.1, 0.15) is 0 Å². The maximum atomic E-state index is 13.2. The van der Waals surface area contributed by atoms with E-state index in [1.165, 1.54) is 17.3 Å². The first-order valence-corrected chi connectivity index (χ1v) is 10.5. The quantitative estimate of drug-likeness (QED) is 0.483. The molecular formula is C22H25N3O2S. The number of nitrogens with one attached hydrogen (secondary N) is 1. The van der Waals surface area contributed by atoms with Gasteiger partial charge in [0, 0.05) is 6.54 Å². The largest absolute Gasteiger partial charge is 0.356 e. The average Bonchev–Trinajstić information content (AvgIpc) is 2.72. The zero-order chi connectivity index (χ0) is 20.1. The average molecular weight is 396 g/mol. The first kappa shape index (κ1) is 20.1. The fourth-order valence-corrected chi connectivity index (χ4v) is 3.85. The Morgan fingerprint density at radius 3 is 2.54 bits per heavy atom. The van der Waals surface area contributed by atoms with Crippen LogP contribution < -0.4 is 10.9 Å². The van der Waals surface area contributed by atoms with Crippen molar-refractivity contribution >= 4 is 28.6 Å². The second-order valence-electron chi connectivity index (χ2n) is 6.70. The van der Waals surface area contributed by atoms with Gasteiger partial charge in [-0.25, -0.2) is 4.98 Å². The van der Waals surface area contributed by atoms with Crippen LogP contribution >= 0.6 is 11.8 Å². The molecule has 0 unspecified atom stereocenters. The summed E-state index contributed by atoms with van der Waals surface area (Å²) in [6.45, 7) is 6.80. The summed E-state index contributed by atoms with van der Waals surface area (Å²) in [5, 5.41) is 3.86. The van der Waals surface area contributed by atoms with Crippen LogP contribution in [0.25, 0.3) is 16.6 Å². The third kappa shape index (κ3) is 4.28. The first-order chi connectivity index (χ1) is 13.5. The van der Waals surface area contributed by atoms with Gasteiger partial charge in [-0.15, -0.1) is 0 Å². The molecular weight excluding hydrogens is 370 g/mol. The third-order valence-electron chi connectivity index (χ3n) is 4.78. The molecule has 1 atom stereocenters. The lowest BCUT2D eigenvalue weighted by atomic mass is 9.98. The summed E-state index contributed by atoms with van der Waals surface area (Å²) in [5.41, 5.74) is 2.51. The number of rotatable bonds is 7. The molecule has 1 heterocycles. The molecule has 0 aliphatic carbocycles. The van der Waals surface area contributed by atoms with Crippen LogP contribution in [-0.2, 0) is 4.79 Å². The van der Waals surface area contributed by atoms with Crippen molar-refractivity contribution in [1.82, 2.24) is 14.9 Å². The number of hydrogen-bond donors (Lipinski definition) is 1. The Kier molecular flexibility index (Phi) is 6.52. The highest BCUT2D eigenvalue weighted by Crippen LogP contribution is 2.24. The van der Waals surface area contributed by atoms with E-state index < -0.39 is 0 Å². The highest BCUT2D eigenvalue weighted by molar-refractivity contribution is 7.99. The Hall–Kier alpha value is -2.60. The van der Waals surface area contributed by atoms with Crippen molar-refractivity contribution in [3.8, 4) is 5.69 Å². The summed E-state index contributed by atoms with van der Waals surface area (Å²) >= 11 is 1.27. The highest BCUT2D eigenvalue weighted by atomic mass is 32.2. The van der Waals surface area contributed by atoms with Gasteiger partial charge in [0.2, 0.25) is 5.91 Å². The monoisotopic (exact) mass is 395 g/mol. The smallest absolute Gasteiger partial charge is 0.266 e. The molecule has 0 bridgehead atoms. The van der Waals surface area contributed by atoms with Crippen LogP contribution in [0, 0.1) is 0 Å². The summed E-state index contributed by atoms with van der Waals surface area (Å²) in [5.74, 6) is 0.601. The SMILES string of the molecule is CCNC(=O)CSc1nc2ccccc2c(=O)n1-c1ccc([C@H](C)CC)cc1. The van der Waals surface area contributed by atoms with Gasteiger partial charge in [-0.1, -0.05) is 49.9 Å². The Balaban J connectivity index is 2.08. The molecule has 0 radical (unpaired) electrons. The molecule has 1 N–H and O–H groups in total. The molecule has 3 aromatic rings. The van der Waals surface area contributed by atoms with Gasteiger partial charge in [0.25, 0.3) is 5.56 Å². The van der Waals surface area contributed by atoms with Crippen LogP contribution in [0.5, 0.6) is 0 Å². The molecule has 6 heteroatoms. The summed E-state index contributed by atoms with van der Waals surface area (Å²) < 4.78 is 1.60. The van der Waals surface area contributed by atoms with E-state index in [1.54, 1.807) is 10.6 Å². The molecule has 0 aliphatic rings. The van der Waals surface area contributed by atoms with E-state index in [-0.39, 0.29) is 17.2 Å². The predicted molar refractivity (Wildman–Crippen MR) is 115 cm³/mol. The molecule has 0 fully saturated rings. The molecule has 3 rings (SSSR count). The summed E-state index contributed by atoms with van der Waals surface area (Å²) in [4.78, 5) is 29.8. The van der Waals surface area contributed by atoms with Crippen molar-refractivity contribution in [1.29, 1.82) is 0 Å². The van der Waals surface area contributed by atoms with E-state index in [9.17, 15) is 9.59 Å². The van der Waals surface area contributed by atoms with E-state index in [0.717, 1.165) is 12.1 Å². The second-order valence-corrected chi connectivity index (χ2v) is 7.64. The molecule has 0 saturated heterocycles. The lowest BCUT2D eigenvalue weighted by Gasteiger charge is -2.15. The summed E-state index contributed by atoms with van der Waals surface area (Å²) in [6.07, 6.45) is 1.06. The number of benzene rings is 2. The lowest BCUT2D eigenvalue weighted by molar-refractivity contribution is -0.118. The van der Waals surface area contributed by atoms with Gasteiger partial charge in [-0.05, 0) is 49.1 Å². The Labute approximate surface area is 169 Å². The van der Waals surface area contributed by atoms with Crippen LogP contribution in [0.4, 0.5) is 0 Å². The van der Waals surface area contributed by atoms with Crippen molar-refractivity contribution in [2.45, 2.75) is 38.3 Å². The molecule has 0 spiro atoms. The molecule has 146 valence electrons. The minimum atomic E-state index is -0.125. The number of fused-ring (bicyclic) bond motifs is 1. The third-order valence-corrected chi connectivity index (χ3v) is 5.72. The number of hydrogen-bond acceptors (Lipinski definition) is 4. The van der Waals surface area contributed by atoms with E-state index in [1.807, 2.05) is 37.3 Å². The van der Waals surface area contributed by atoms with Gasteiger partial charge < -0.3 is 5.32 Å². The number of aromatic nitrogens is 2. The molecule has 1 aromatic heterocycles. The highest BCUT2D eigenvalue weighted by Gasteiger charge is 2.15. The Morgan fingerprint density at radius 1 is 1.14 bits per heavy atom. The van der Waals surface area contributed by atoms with Crippen molar-refractivity contribution in [2.75, 3.05) is 12.3 Å². The summed E-state index contributed by atoms with van der Waals surface area (Å²) in [6, 6.07) is 15.3. The number of carbonyl (C=O) groups is 1. The Morgan fingerprint density at radius 2 is 1.86 bits per heavy atom. The van der Waals surface area contributed by atoms with Crippen LogP contribution in [-0.4, -0.2) is 27.8 Å². The van der Waals surface area contributed by atoms with Crippen molar-refractivity contribution in [3.63, 3.8) is 0 Å². The van der Waals surface area contributed by atoms with Crippen LogP contribution in [0.2, 0.25) is 0 Å². The number of thioether (sulfide) groups is 1. The fourth-order valence-electron chi connectivity index (χ4n) is 3.00. The van der Waals surface area contributed by atoms with Crippen LogP contribution in [0.1, 0.15) is 38.7 Å². The zero-order valence-electron chi connectivity index (χ0n) is 16.4. The van der Waals surface area contributed by atoms with E-state index >= 15 is 0 Å². The molecule has 0 saturated carbocycles. The number of para-hydroxylation sites is 1. The first-order valence-electron chi connectivity index (χ1n) is 9.56. The molecule has 2 aromatic carbocycles. The zero-order valence-corrected chi connectivity index (χ0v) is 17.3. The van der Waals surface area contributed by atoms with Gasteiger partial charge in [0.15, 0.2) is 5.16 Å². The predicted octanol–water partition coefficient (Wildman–Crippen LogP) is 4.13. The van der Waals surface area contributed by atoms with E-state index in [4.69, 9.17) is 0 Å². The van der Waals surface area contributed by atoms with Crippen LogP contribution in [0.15, 0.2) is 58.5 Å². The second kappa shape index (κ2) is 9.06. The van der Waals surface area contributed by atoms with Crippen LogP contribution in [0.3, 0.4) is 0 Å². The minimum Gasteiger partial charge on any atom is -0.356 e. The van der Waals surface area contributed by atoms with Gasteiger partial charge in [-0.2, -0.15) is 0 Å². The Bertz CT molecular complexity index is 1030. The molecule has 5 nitrogen and oxygen atoms in total. The number of amides is 1. The topological polar surface area (TPSA) is 64.0 Å². The van der Waals surface area contributed by atoms with Crippen molar-refractivity contribution in [2.24, 2.45) is 0 Å². The van der Waals surface area contributed by atoms with E-state index in [0.29, 0.717) is 28.5 Å². The van der Waals surface area contributed by atoms with Crippen molar-refractivity contribution in [3.05, 3.63) is 64.4 Å². The molecule has 0 aliphatic heterocycles. The molecule has 28 heavy (non-hydrogen) atoms. The number of nitrogens with zero attached hydrogens (tertiary/aromatic N) is 2. The van der Waals surface area contributed by atoms with Gasteiger partial charge in [-0.3, -0.25) is 14.2 Å². The van der Waals surface area contributed by atoms with E-state index in [2.05, 4.69) is 36.3 Å². The maximum Gasteiger partial charge on any atom is 0.266 e. The summed E-state index contributed by atoms with van der Waals surface area (Å²) in [7, 11) is 0. The standard InChI is InChI=1S/C22H25N3O2S/c1-4-15(3)16-10-12-17(13-11-16)25-21(27)18-8-6-7-9-19(18)24-22(25)28-14-20(26)23-5-2/h6-13,15H,4-5,14H2,1-3H3,(H,23,26)/t15-/m1/s1. The van der Waals surface area contributed by atoms with Crippen molar-refractivity contribution < 1.29 is 4.79 Å². The lowest BCUT2D eigenvalue weighted by Crippen LogP contribution is -2.26. The normalized spacial score (nSPS) is 12.1. The minimum absolute atomic E-state index is 0.0754. The number of carbonyl (C=O) groups excluding carboxylic acids is 1. The van der Waals surface area contributed by atoms with Gasteiger partial charge in [0.05, 0.1) is 22.3 Å². The fraction of sp³-hybridized carbons (Fsp3) is 0.318. The maximum absolute atomic E-state index is 13.2. The molecule has 1 amide bonds. The van der Waals surface area contributed by atoms with Gasteiger partial charge >= 0.3 is 0 Å².